The molecule has 0 saturated heterocycles. The monoisotopic (exact) mass is 351 g/mol. The fourth-order valence-electron chi connectivity index (χ4n) is 2.68. The number of hydrogen-bond acceptors (Lipinski definition) is 3. The molecule has 23 heavy (non-hydrogen) atoms. The third kappa shape index (κ3) is 2.89. The van der Waals surface area contributed by atoms with Crippen molar-refractivity contribution in [3.8, 4) is 0 Å². The van der Waals surface area contributed by atoms with Gasteiger partial charge in [-0.1, -0.05) is 23.7 Å². The number of halogens is 1. The molecule has 0 radical (unpaired) electrons. The van der Waals surface area contributed by atoms with Crippen LogP contribution in [0.5, 0.6) is 0 Å². The van der Waals surface area contributed by atoms with Crippen LogP contribution < -0.4 is 14.3 Å². The molecule has 1 aliphatic rings. The molecule has 0 amide bonds. The second-order valence-corrected chi connectivity index (χ2v) is 7.44. The molecule has 5 nitrogen and oxygen atoms in total. The quantitative estimate of drug-likeness (QED) is 0.840. The van der Waals surface area contributed by atoms with Gasteiger partial charge >= 0.3 is 10.2 Å². The number of benzene rings is 2. The van der Waals surface area contributed by atoms with Crippen LogP contribution in [0.4, 0.5) is 17.1 Å². The lowest BCUT2D eigenvalue weighted by molar-refractivity contribution is 0.591. The predicted octanol–water partition coefficient (Wildman–Crippen LogP) is 3.28. The van der Waals surface area contributed by atoms with Gasteiger partial charge in [0.15, 0.2) is 0 Å². The largest absolute Gasteiger partial charge is 0.330 e. The molecule has 7 heteroatoms. The summed E-state index contributed by atoms with van der Waals surface area (Å²) in [6.07, 6.45) is 1.51. The van der Waals surface area contributed by atoms with E-state index >= 15 is 0 Å². The van der Waals surface area contributed by atoms with E-state index in [0.29, 0.717) is 35.2 Å². The van der Waals surface area contributed by atoms with E-state index in [9.17, 15) is 8.42 Å². The van der Waals surface area contributed by atoms with Crippen molar-refractivity contribution in [3.63, 3.8) is 0 Å². The minimum atomic E-state index is -3.65. The second-order valence-electron chi connectivity index (χ2n) is 5.31. The highest BCUT2D eigenvalue weighted by molar-refractivity contribution is 7.95. The summed E-state index contributed by atoms with van der Waals surface area (Å²) in [5.41, 5.74) is 7.44. The minimum absolute atomic E-state index is 0.417. The molecule has 0 atom stereocenters. The van der Waals surface area contributed by atoms with Gasteiger partial charge in [0.05, 0.1) is 17.1 Å². The standard InChI is InChI=1S/C16H18ClN3O2S/c17-13-7-9-14(10-8-13)20-16-6-2-1-5-15(16)19(23(20,21)22)12-4-3-11-18/h1-2,5-10H,3-4,11-12,18H2. The Morgan fingerprint density at radius 3 is 2.26 bits per heavy atom. The fraction of sp³-hybridized carbons (Fsp3) is 0.250. The van der Waals surface area contributed by atoms with Gasteiger partial charge in [-0.3, -0.25) is 4.31 Å². The summed E-state index contributed by atoms with van der Waals surface area (Å²) in [5, 5.41) is 0.568. The second kappa shape index (κ2) is 6.39. The first-order chi connectivity index (χ1) is 11.1. The van der Waals surface area contributed by atoms with E-state index < -0.39 is 10.2 Å². The van der Waals surface area contributed by atoms with Crippen LogP contribution in [0.15, 0.2) is 48.5 Å². The molecule has 3 rings (SSSR count). The Hall–Kier alpha value is -1.76. The molecule has 0 fully saturated rings. The van der Waals surface area contributed by atoms with Crippen molar-refractivity contribution < 1.29 is 8.42 Å². The zero-order valence-electron chi connectivity index (χ0n) is 12.5. The fourth-order valence-corrected chi connectivity index (χ4v) is 4.56. The molecule has 1 heterocycles. The van der Waals surface area contributed by atoms with Crippen molar-refractivity contribution in [1.82, 2.24) is 0 Å². The number of nitrogens with two attached hydrogens (primary N) is 1. The Morgan fingerprint density at radius 1 is 0.957 bits per heavy atom. The van der Waals surface area contributed by atoms with Crippen LogP contribution in [0.3, 0.4) is 0 Å². The van der Waals surface area contributed by atoms with Crippen LogP contribution in [-0.4, -0.2) is 21.5 Å². The summed E-state index contributed by atoms with van der Waals surface area (Å²) in [4.78, 5) is 0. The first kappa shape index (κ1) is 16.1. The van der Waals surface area contributed by atoms with Gasteiger partial charge in [0, 0.05) is 11.6 Å². The first-order valence-corrected chi connectivity index (χ1v) is 9.21. The number of nitrogens with zero attached hydrogens (tertiary/aromatic N) is 2. The maximum atomic E-state index is 13.0. The summed E-state index contributed by atoms with van der Waals surface area (Å²) < 4.78 is 28.8. The van der Waals surface area contributed by atoms with Crippen molar-refractivity contribution in [3.05, 3.63) is 53.6 Å². The van der Waals surface area contributed by atoms with Crippen molar-refractivity contribution in [1.29, 1.82) is 0 Å². The Balaban J connectivity index is 2.05. The predicted molar refractivity (Wildman–Crippen MR) is 94.6 cm³/mol. The Kier molecular flexibility index (Phi) is 4.48. The van der Waals surface area contributed by atoms with Crippen LogP contribution in [-0.2, 0) is 10.2 Å². The van der Waals surface area contributed by atoms with E-state index in [4.69, 9.17) is 17.3 Å². The average molecular weight is 352 g/mol. The van der Waals surface area contributed by atoms with Gasteiger partial charge in [-0.2, -0.15) is 8.42 Å². The molecule has 122 valence electrons. The van der Waals surface area contributed by atoms with Crippen molar-refractivity contribution in [2.75, 3.05) is 21.7 Å². The summed E-state index contributed by atoms with van der Waals surface area (Å²) in [7, 11) is -3.65. The smallest absolute Gasteiger partial charge is 0.330 e. The molecule has 0 aliphatic carbocycles. The SMILES string of the molecule is NCCCCN1c2ccccc2N(c2ccc(Cl)cc2)S1(=O)=O. The molecular formula is C16H18ClN3O2S. The van der Waals surface area contributed by atoms with Crippen molar-refractivity contribution in [2.24, 2.45) is 5.73 Å². The Labute approximate surface area is 141 Å². The molecule has 1 aliphatic heterocycles. The Bertz CT molecular complexity index is 793. The van der Waals surface area contributed by atoms with E-state index in [1.807, 2.05) is 24.3 Å². The zero-order valence-corrected chi connectivity index (χ0v) is 14.1. The van der Waals surface area contributed by atoms with Crippen molar-refractivity contribution >= 4 is 38.9 Å². The van der Waals surface area contributed by atoms with E-state index in [2.05, 4.69) is 0 Å². The van der Waals surface area contributed by atoms with E-state index in [0.717, 1.165) is 12.8 Å². The van der Waals surface area contributed by atoms with Crippen LogP contribution in [0, 0.1) is 0 Å². The van der Waals surface area contributed by atoms with E-state index in [1.54, 1.807) is 24.3 Å². The Morgan fingerprint density at radius 2 is 1.61 bits per heavy atom. The van der Waals surface area contributed by atoms with Gasteiger partial charge in [-0.25, -0.2) is 4.31 Å². The number of anilines is 3. The van der Waals surface area contributed by atoms with Gasteiger partial charge in [0.25, 0.3) is 0 Å². The highest BCUT2D eigenvalue weighted by Crippen LogP contribution is 2.45. The maximum absolute atomic E-state index is 13.0. The first-order valence-electron chi connectivity index (χ1n) is 7.43. The highest BCUT2D eigenvalue weighted by atomic mass is 35.5. The number of rotatable bonds is 5. The number of unbranched alkanes of at least 4 members (excludes halogenated alkanes) is 1. The van der Waals surface area contributed by atoms with E-state index in [1.165, 1.54) is 8.61 Å². The lowest BCUT2D eigenvalue weighted by Gasteiger charge is -2.21. The van der Waals surface area contributed by atoms with Crippen molar-refractivity contribution in [2.45, 2.75) is 12.8 Å². The van der Waals surface area contributed by atoms with E-state index in [-0.39, 0.29) is 0 Å². The minimum Gasteiger partial charge on any atom is -0.330 e. The third-order valence-electron chi connectivity index (χ3n) is 3.75. The van der Waals surface area contributed by atoms with Crippen LogP contribution in [0.2, 0.25) is 5.02 Å². The lowest BCUT2D eigenvalue weighted by Crippen LogP contribution is -2.36. The van der Waals surface area contributed by atoms with Gasteiger partial charge in [-0.15, -0.1) is 0 Å². The normalized spacial score (nSPS) is 15.7. The number of hydrogen-bond donors (Lipinski definition) is 1. The summed E-state index contributed by atoms with van der Waals surface area (Å²) in [6.45, 7) is 0.969. The lowest BCUT2D eigenvalue weighted by atomic mass is 10.2. The molecule has 0 saturated carbocycles. The zero-order chi connectivity index (χ0) is 16.4. The molecule has 0 bridgehead atoms. The molecule has 0 spiro atoms. The van der Waals surface area contributed by atoms with Gasteiger partial charge in [-0.05, 0) is 55.8 Å². The topological polar surface area (TPSA) is 66.6 Å². The number of para-hydroxylation sites is 2. The average Bonchev–Trinajstić information content (AvgIpc) is 2.76. The summed E-state index contributed by atoms with van der Waals surface area (Å²) in [6, 6.07) is 14.1. The summed E-state index contributed by atoms with van der Waals surface area (Å²) in [5.74, 6) is 0. The molecule has 2 N–H and O–H groups in total. The van der Waals surface area contributed by atoms with Gasteiger partial charge in [0.2, 0.25) is 0 Å². The van der Waals surface area contributed by atoms with Gasteiger partial charge in [0.1, 0.15) is 0 Å². The molecular weight excluding hydrogens is 334 g/mol. The summed E-state index contributed by atoms with van der Waals surface area (Å²) >= 11 is 5.91. The maximum Gasteiger partial charge on any atom is 0.330 e. The highest BCUT2D eigenvalue weighted by Gasteiger charge is 2.40. The molecule has 0 aromatic heterocycles. The number of fused-ring (bicyclic) bond motifs is 1. The molecule has 2 aromatic rings. The van der Waals surface area contributed by atoms with Crippen LogP contribution >= 0.6 is 11.6 Å². The molecule has 2 aromatic carbocycles. The van der Waals surface area contributed by atoms with Gasteiger partial charge < -0.3 is 5.73 Å². The third-order valence-corrected chi connectivity index (χ3v) is 5.81. The van der Waals surface area contributed by atoms with Crippen LogP contribution in [0.1, 0.15) is 12.8 Å². The molecule has 0 unspecified atom stereocenters. The van der Waals surface area contributed by atoms with Crippen LogP contribution in [0.25, 0.3) is 0 Å².